The molecule has 0 heterocycles. The highest BCUT2D eigenvalue weighted by Crippen LogP contribution is 2.32. The van der Waals surface area contributed by atoms with E-state index >= 15 is 0 Å². The lowest BCUT2D eigenvalue weighted by molar-refractivity contribution is -0.147. The van der Waals surface area contributed by atoms with Crippen LogP contribution in [0.15, 0.2) is 12.2 Å². The summed E-state index contributed by atoms with van der Waals surface area (Å²) in [4.78, 5) is 22.3. The van der Waals surface area contributed by atoms with E-state index in [4.69, 9.17) is 9.47 Å². The van der Waals surface area contributed by atoms with Crippen molar-refractivity contribution in [3.63, 3.8) is 0 Å². The topological polar surface area (TPSA) is 52.6 Å². The van der Waals surface area contributed by atoms with Crippen LogP contribution in [0.2, 0.25) is 0 Å². The van der Waals surface area contributed by atoms with Crippen molar-refractivity contribution in [2.24, 2.45) is 11.8 Å². The fourth-order valence-electron chi connectivity index (χ4n) is 2.51. The van der Waals surface area contributed by atoms with Gasteiger partial charge in [-0.15, -0.1) is 0 Å². The van der Waals surface area contributed by atoms with E-state index < -0.39 is 0 Å². The summed E-state index contributed by atoms with van der Waals surface area (Å²) in [5.41, 5.74) is 0.430. The van der Waals surface area contributed by atoms with Gasteiger partial charge in [-0.05, 0) is 44.9 Å². The Bertz CT molecular complexity index is 348. The van der Waals surface area contributed by atoms with E-state index in [1.165, 1.54) is 6.92 Å². The molecule has 108 valence electrons. The van der Waals surface area contributed by atoms with Gasteiger partial charge in [-0.25, -0.2) is 4.79 Å². The lowest BCUT2D eigenvalue weighted by atomic mass is 9.79. The molecule has 0 spiro atoms. The van der Waals surface area contributed by atoms with E-state index in [1.807, 2.05) is 6.92 Å². The first-order valence-corrected chi connectivity index (χ1v) is 6.90. The molecule has 1 fully saturated rings. The van der Waals surface area contributed by atoms with Gasteiger partial charge in [0, 0.05) is 12.5 Å². The van der Waals surface area contributed by atoms with Crippen LogP contribution in [0.4, 0.5) is 0 Å². The van der Waals surface area contributed by atoms with Crippen molar-refractivity contribution < 1.29 is 19.1 Å². The monoisotopic (exact) mass is 268 g/mol. The highest BCUT2D eigenvalue weighted by atomic mass is 16.5. The van der Waals surface area contributed by atoms with Crippen molar-refractivity contribution in [1.29, 1.82) is 0 Å². The van der Waals surface area contributed by atoms with E-state index in [0.717, 1.165) is 25.7 Å². The minimum atomic E-state index is -0.324. The van der Waals surface area contributed by atoms with Crippen molar-refractivity contribution in [2.75, 3.05) is 6.61 Å². The minimum absolute atomic E-state index is 0.107. The molecule has 1 saturated carbocycles. The molecule has 0 N–H and O–H groups in total. The Morgan fingerprint density at radius 1 is 1.32 bits per heavy atom. The summed E-state index contributed by atoms with van der Waals surface area (Å²) >= 11 is 0. The molecule has 4 nitrogen and oxygen atoms in total. The summed E-state index contributed by atoms with van der Waals surface area (Å²) in [6, 6.07) is 0. The average Bonchev–Trinajstić information content (AvgIpc) is 2.36. The van der Waals surface area contributed by atoms with Gasteiger partial charge in [0.1, 0.15) is 6.10 Å². The summed E-state index contributed by atoms with van der Waals surface area (Å²) in [6.45, 7) is 9.07. The van der Waals surface area contributed by atoms with Crippen LogP contribution in [0.25, 0.3) is 0 Å². The Hall–Kier alpha value is -1.32. The predicted octanol–water partition coefficient (Wildman–Crippen LogP) is 2.86. The molecule has 0 aromatic heterocycles. The van der Waals surface area contributed by atoms with Gasteiger partial charge in [0.15, 0.2) is 0 Å². The Balaban J connectivity index is 2.42. The summed E-state index contributed by atoms with van der Waals surface area (Å²) in [5.74, 6) is 0.171. The highest BCUT2D eigenvalue weighted by Gasteiger charge is 2.28. The highest BCUT2D eigenvalue weighted by molar-refractivity contribution is 5.87. The molecular formula is C15H24O4. The smallest absolute Gasteiger partial charge is 0.333 e. The molecular weight excluding hydrogens is 244 g/mol. The van der Waals surface area contributed by atoms with Gasteiger partial charge in [-0.3, -0.25) is 4.79 Å². The van der Waals surface area contributed by atoms with Gasteiger partial charge in [0.25, 0.3) is 0 Å². The Kier molecular flexibility index (Phi) is 6.06. The first-order chi connectivity index (χ1) is 8.90. The van der Waals surface area contributed by atoms with E-state index in [1.54, 1.807) is 6.92 Å². The first kappa shape index (κ1) is 15.7. The molecule has 3 atom stereocenters. The van der Waals surface area contributed by atoms with E-state index in [9.17, 15) is 9.59 Å². The number of rotatable bonds is 5. The Labute approximate surface area is 115 Å². The number of ether oxygens (including phenoxy) is 2. The average molecular weight is 268 g/mol. The zero-order valence-electron chi connectivity index (χ0n) is 12.1. The van der Waals surface area contributed by atoms with Crippen molar-refractivity contribution in [3.8, 4) is 0 Å². The molecule has 4 heteroatoms. The largest absolute Gasteiger partial charge is 0.466 e. The number of hydrogen-bond donors (Lipinski definition) is 0. The number of carbonyl (C=O) groups excluding carboxylic acids is 2. The normalized spacial score (nSPS) is 24.4. The summed E-state index contributed by atoms with van der Waals surface area (Å²) in [7, 11) is 0. The lowest BCUT2D eigenvalue weighted by Gasteiger charge is -2.32. The van der Waals surface area contributed by atoms with Crippen LogP contribution in [0, 0.1) is 11.8 Å². The molecule has 3 unspecified atom stereocenters. The van der Waals surface area contributed by atoms with Crippen molar-refractivity contribution in [2.45, 2.75) is 52.6 Å². The van der Waals surface area contributed by atoms with Gasteiger partial charge in [-0.2, -0.15) is 0 Å². The third-order valence-corrected chi connectivity index (χ3v) is 3.65. The van der Waals surface area contributed by atoms with Crippen LogP contribution < -0.4 is 0 Å². The molecule has 0 aromatic carbocycles. The van der Waals surface area contributed by atoms with E-state index in [-0.39, 0.29) is 18.0 Å². The number of esters is 2. The molecule has 0 radical (unpaired) electrons. The van der Waals surface area contributed by atoms with Crippen molar-refractivity contribution >= 4 is 11.9 Å². The van der Waals surface area contributed by atoms with Crippen LogP contribution in [0.5, 0.6) is 0 Å². The molecule has 0 saturated heterocycles. The summed E-state index contributed by atoms with van der Waals surface area (Å²) in [6.07, 6.45) is 4.06. The maximum atomic E-state index is 11.5. The van der Waals surface area contributed by atoms with Crippen molar-refractivity contribution in [3.05, 3.63) is 12.2 Å². The van der Waals surface area contributed by atoms with Crippen LogP contribution in [-0.4, -0.2) is 24.6 Å². The SMILES string of the molecule is C=C(C)C(=O)OC(C)C1CCCC(COC(C)=O)C1. The number of carbonyl (C=O) groups is 2. The molecule has 1 aliphatic carbocycles. The summed E-state index contributed by atoms with van der Waals surface area (Å²) in [5, 5.41) is 0. The van der Waals surface area contributed by atoms with Gasteiger partial charge in [0.05, 0.1) is 6.61 Å². The maximum absolute atomic E-state index is 11.5. The molecule has 19 heavy (non-hydrogen) atoms. The van der Waals surface area contributed by atoms with Crippen LogP contribution >= 0.6 is 0 Å². The first-order valence-electron chi connectivity index (χ1n) is 6.90. The predicted molar refractivity (Wildman–Crippen MR) is 72.4 cm³/mol. The zero-order chi connectivity index (χ0) is 14.4. The molecule has 1 aliphatic rings. The lowest BCUT2D eigenvalue weighted by Crippen LogP contribution is -2.30. The van der Waals surface area contributed by atoms with Gasteiger partial charge < -0.3 is 9.47 Å². The third-order valence-electron chi connectivity index (χ3n) is 3.65. The minimum Gasteiger partial charge on any atom is -0.466 e. The molecule has 0 aromatic rings. The van der Waals surface area contributed by atoms with Crippen LogP contribution in [0.1, 0.15) is 46.5 Å². The van der Waals surface area contributed by atoms with Gasteiger partial charge in [-0.1, -0.05) is 13.0 Å². The standard InChI is InChI=1S/C15H24O4/c1-10(2)15(17)19-11(3)14-7-5-6-13(8-14)9-18-12(4)16/h11,13-14H,1,5-9H2,2-4H3. The van der Waals surface area contributed by atoms with Crippen LogP contribution in [-0.2, 0) is 19.1 Å². The van der Waals surface area contributed by atoms with Gasteiger partial charge >= 0.3 is 11.9 Å². The Morgan fingerprint density at radius 2 is 2.00 bits per heavy atom. The second-order valence-electron chi connectivity index (χ2n) is 5.49. The van der Waals surface area contributed by atoms with E-state index in [2.05, 4.69) is 6.58 Å². The fraction of sp³-hybridized carbons (Fsp3) is 0.733. The van der Waals surface area contributed by atoms with Gasteiger partial charge in [0.2, 0.25) is 0 Å². The molecule has 0 aliphatic heterocycles. The van der Waals surface area contributed by atoms with E-state index in [0.29, 0.717) is 24.0 Å². The molecule has 0 amide bonds. The zero-order valence-corrected chi connectivity index (χ0v) is 12.1. The fourth-order valence-corrected chi connectivity index (χ4v) is 2.51. The quantitative estimate of drug-likeness (QED) is 0.568. The Morgan fingerprint density at radius 3 is 2.58 bits per heavy atom. The third kappa shape index (κ3) is 5.45. The molecule has 0 bridgehead atoms. The summed E-state index contributed by atoms with van der Waals surface area (Å²) < 4.78 is 10.4. The second kappa shape index (κ2) is 7.31. The van der Waals surface area contributed by atoms with Crippen LogP contribution in [0.3, 0.4) is 0 Å². The second-order valence-corrected chi connectivity index (χ2v) is 5.49. The molecule has 1 rings (SSSR count). The van der Waals surface area contributed by atoms with Crippen molar-refractivity contribution in [1.82, 2.24) is 0 Å². The number of hydrogen-bond acceptors (Lipinski definition) is 4. The maximum Gasteiger partial charge on any atom is 0.333 e.